The first-order valence-electron chi connectivity index (χ1n) is 7.67. The van der Waals surface area contributed by atoms with Crippen LogP contribution in [0.25, 0.3) is 10.9 Å². The maximum atomic E-state index is 5.76. The van der Waals surface area contributed by atoms with Crippen molar-refractivity contribution in [3.63, 3.8) is 0 Å². The molecule has 2 N–H and O–H groups in total. The monoisotopic (exact) mass is 286 g/mol. The van der Waals surface area contributed by atoms with E-state index in [-0.39, 0.29) is 0 Å². The Labute approximate surface area is 125 Å². The Balaban J connectivity index is 1.70. The van der Waals surface area contributed by atoms with Crippen LogP contribution < -0.4 is 10.6 Å². The average Bonchev–Trinajstić information content (AvgIpc) is 2.55. The van der Waals surface area contributed by atoms with E-state index in [4.69, 9.17) is 4.74 Å². The molecule has 2 aromatic rings. The standard InChI is InChI=1S/C16H22N4O/c1-17-16-19-14-8-3-2-7-13(14)15(20-16)18-10-9-12-6-4-5-11-21-12/h2-3,7-8,12H,4-6,9-11H2,1H3,(H2,17,18,19,20). The van der Waals surface area contributed by atoms with Crippen molar-refractivity contribution in [2.75, 3.05) is 30.8 Å². The van der Waals surface area contributed by atoms with Gasteiger partial charge < -0.3 is 15.4 Å². The number of benzene rings is 1. The maximum absolute atomic E-state index is 5.76. The number of fused-ring (bicyclic) bond motifs is 1. The molecule has 1 atom stereocenters. The Kier molecular flexibility index (Phi) is 4.50. The second kappa shape index (κ2) is 6.72. The molecule has 1 aromatic carbocycles. The maximum Gasteiger partial charge on any atom is 0.224 e. The Hall–Kier alpha value is -1.88. The minimum atomic E-state index is 0.392. The summed E-state index contributed by atoms with van der Waals surface area (Å²) in [4.78, 5) is 8.99. The minimum absolute atomic E-state index is 0.392. The SMILES string of the molecule is CNc1nc(NCCC2CCCCO2)c2ccccc2n1. The van der Waals surface area contributed by atoms with E-state index in [1.807, 2.05) is 31.3 Å². The number of para-hydroxylation sites is 1. The van der Waals surface area contributed by atoms with Crippen LogP contribution >= 0.6 is 0 Å². The summed E-state index contributed by atoms with van der Waals surface area (Å²) in [7, 11) is 1.84. The van der Waals surface area contributed by atoms with Crippen molar-refractivity contribution in [2.24, 2.45) is 0 Å². The number of nitrogens with zero attached hydrogens (tertiary/aromatic N) is 2. The van der Waals surface area contributed by atoms with Crippen LogP contribution in [0.1, 0.15) is 25.7 Å². The van der Waals surface area contributed by atoms with E-state index < -0.39 is 0 Å². The van der Waals surface area contributed by atoms with Crippen LogP contribution in [-0.2, 0) is 4.74 Å². The number of hydrogen-bond acceptors (Lipinski definition) is 5. The van der Waals surface area contributed by atoms with Crippen LogP contribution in [0.15, 0.2) is 24.3 Å². The molecule has 2 heterocycles. The second-order valence-electron chi connectivity index (χ2n) is 5.37. The van der Waals surface area contributed by atoms with Crippen molar-refractivity contribution in [1.29, 1.82) is 0 Å². The summed E-state index contributed by atoms with van der Waals surface area (Å²) >= 11 is 0. The molecule has 1 aliphatic heterocycles. The summed E-state index contributed by atoms with van der Waals surface area (Å²) in [5.74, 6) is 1.53. The normalized spacial score (nSPS) is 18.6. The van der Waals surface area contributed by atoms with E-state index in [0.717, 1.165) is 36.3 Å². The molecule has 0 bridgehead atoms. The predicted molar refractivity (Wildman–Crippen MR) is 85.8 cm³/mol. The largest absolute Gasteiger partial charge is 0.378 e. The van der Waals surface area contributed by atoms with Gasteiger partial charge in [-0.2, -0.15) is 4.98 Å². The Morgan fingerprint density at radius 1 is 1.24 bits per heavy atom. The fourth-order valence-electron chi connectivity index (χ4n) is 2.71. The smallest absolute Gasteiger partial charge is 0.224 e. The highest BCUT2D eigenvalue weighted by Gasteiger charge is 2.13. The molecule has 3 rings (SSSR count). The fraction of sp³-hybridized carbons (Fsp3) is 0.500. The molecule has 0 saturated carbocycles. The van der Waals surface area contributed by atoms with Crippen molar-refractivity contribution < 1.29 is 4.74 Å². The first-order chi connectivity index (χ1) is 10.4. The predicted octanol–water partition coefficient (Wildman–Crippen LogP) is 3.04. The second-order valence-corrected chi connectivity index (χ2v) is 5.37. The van der Waals surface area contributed by atoms with Gasteiger partial charge in [0, 0.05) is 25.6 Å². The van der Waals surface area contributed by atoms with Gasteiger partial charge in [0.25, 0.3) is 0 Å². The van der Waals surface area contributed by atoms with Crippen LogP contribution in [0, 0.1) is 0 Å². The Bertz CT molecular complexity index is 596. The van der Waals surface area contributed by atoms with Gasteiger partial charge >= 0.3 is 0 Å². The van der Waals surface area contributed by atoms with Crippen LogP contribution in [0.5, 0.6) is 0 Å². The molecule has 0 spiro atoms. The molecule has 21 heavy (non-hydrogen) atoms. The summed E-state index contributed by atoms with van der Waals surface area (Å²) in [5.41, 5.74) is 0.952. The van der Waals surface area contributed by atoms with E-state index in [1.54, 1.807) is 0 Å². The third-order valence-electron chi connectivity index (χ3n) is 3.86. The lowest BCUT2D eigenvalue weighted by molar-refractivity contribution is 0.0134. The third-order valence-corrected chi connectivity index (χ3v) is 3.86. The van der Waals surface area contributed by atoms with Crippen molar-refractivity contribution >= 4 is 22.7 Å². The Morgan fingerprint density at radius 2 is 2.14 bits per heavy atom. The average molecular weight is 286 g/mol. The van der Waals surface area contributed by atoms with Crippen molar-refractivity contribution in [1.82, 2.24) is 9.97 Å². The molecule has 1 fully saturated rings. The zero-order chi connectivity index (χ0) is 14.5. The van der Waals surface area contributed by atoms with Gasteiger partial charge in [-0.15, -0.1) is 0 Å². The first-order valence-corrected chi connectivity index (χ1v) is 7.67. The zero-order valence-corrected chi connectivity index (χ0v) is 12.4. The molecular formula is C16H22N4O. The Morgan fingerprint density at radius 3 is 2.95 bits per heavy atom. The molecule has 0 aliphatic carbocycles. The summed E-state index contributed by atoms with van der Waals surface area (Å²) in [6.45, 7) is 1.78. The quantitative estimate of drug-likeness (QED) is 0.884. The summed E-state index contributed by atoms with van der Waals surface area (Å²) < 4.78 is 5.76. The van der Waals surface area contributed by atoms with E-state index in [9.17, 15) is 0 Å². The summed E-state index contributed by atoms with van der Waals surface area (Å²) in [5, 5.41) is 7.51. The number of hydrogen-bond donors (Lipinski definition) is 2. The highest BCUT2D eigenvalue weighted by atomic mass is 16.5. The van der Waals surface area contributed by atoms with Gasteiger partial charge in [-0.3, -0.25) is 0 Å². The fourth-order valence-corrected chi connectivity index (χ4v) is 2.71. The first kappa shape index (κ1) is 14.1. The lowest BCUT2D eigenvalue weighted by Gasteiger charge is -2.22. The third kappa shape index (κ3) is 3.42. The van der Waals surface area contributed by atoms with Crippen LogP contribution in [0.3, 0.4) is 0 Å². The molecule has 1 aliphatic rings. The summed E-state index contributed by atoms with van der Waals surface area (Å²) in [6.07, 6.45) is 5.07. The topological polar surface area (TPSA) is 59.1 Å². The van der Waals surface area contributed by atoms with Crippen LogP contribution in [0.2, 0.25) is 0 Å². The molecule has 5 heteroatoms. The number of aromatic nitrogens is 2. The number of nitrogens with one attached hydrogen (secondary N) is 2. The van der Waals surface area contributed by atoms with Crippen molar-refractivity contribution in [3.8, 4) is 0 Å². The van der Waals surface area contributed by atoms with E-state index in [0.29, 0.717) is 12.1 Å². The number of ether oxygens (including phenoxy) is 1. The number of rotatable bonds is 5. The lowest BCUT2D eigenvalue weighted by atomic mass is 10.1. The van der Waals surface area contributed by atoms with Crippen LogP contribution in [-0.4, -0.2) is 36.3 Å². The minimum Gasteiger partial charge on any atom is -0.378 e. The molecule has 0 radical (unpaired) electrons. The molecule has 1 aromatic heterocycles. The number of anilines is 2. The lowest BCUT2D eigenvalue weighted by Crippen LogP contribution is -2.22. The molecule has 0 amide bonds. The van der Waals surface area contributed by atoms with E-state index in [1.165, 1.54) is 19.3 Å². The molecule has 5 nitrogen and oxygen atoms in total. The van der Waals surface area contributed by atoms with Gasteiger partial charge in [0.05, 0.1) is 11.6 Å². The molecule has 112 valence electrons. The highest BCUT2D eigenvalue weighted by molar-refractivity contribution is 5.89. The van der Waals surface area contributed by atoms with Crippen molar-refractivity contribution in [3.05, 3.63) is 24.3 Å². The van der Waals surface area contributed by atoms with Gasteiger partial charge in [0.2, 0.25) is 5.95 Å². The highest BCUT2D eigenvalue weighted by Crippen LogP contribution is 2.22. The van der Waals surface area contributed by atoms with Gasteiger partial charge in [0.15, 0.2) is 0 Å². The van der Waals surface area contributed by atoms with Gasteiger partial charge in [0.1, 0.15) is 5.82 Å². The summed E-state index contributed by atoms with van der Waals surface area (Å²) in [6, 6.07) is 8.07. The van der Waals surface area contributed by atoms with E-state index in [2.05, 4.69) is 20.6 Å². The van der Waals surface area contributed by atoms with E-state index >= 15 is 0 Å². The molecule has 1 unspecified atom stereocenters. The molecular weight excluding hydrogens is 264 g/mol. The zero-order valence-electron chi connectivity index (χ0n) is 12.4. The van der Waals surface area contributed by atoms with Gasteiger partial charge in [-0.25, -0.2) is 4.98 Å². The van der Waals surface area contributed by atoms with Gasteiger partial charge in [-0.05, 0) is 37.8 Å². The molecule has 1 saturated heterocycles. The van der Waals surface area contributed by atoms with Crippen molar-refractivity contribution in [2.45, 2.75) is 31.8 Å². The van der Waals surface area contributed by atoms with Crippen LogP contribution in [0.4, 0.5) is 11.8 Å². The van der Waals surface area contributed by atoms with Gasteiger partial charge in [-0.1, -0.05) is 12.1 Å².